The molecule has 2 fully saturated rings. The highest BCUT2D eigenvalue weighted by Gasteiger charge is 2.40. The fraction of sp³-hybridized carbons (Fsp3) is 1.00. The minimum absolute atomic E-state index is 0.184. The lowest BCUT2D eigenvalue weighted by atomic mass is 9.87. The number of thioether (sulfide) groups is 1. The standard InChI is InChI=1S/C9H17NOS/c1-8-9(11-5-4-10-8)2-6-12-7-3-9/h8,10H,2-7H2,1H3. The third kappa shape index (κ3) is 1.50. The summed E-state index contributed by atoms with van der Waals surface area (Å²) in [5.74, 6) is 2.54. The fourth-order valence-corrected chi connectivity index (χ4v) is 3.32. The average molecular weight is 187 g/mol. The van der Waals surface area contributed by atoms with E-state index >= 15 is 0 Å². The Morgan fingerprint density at radius 3 is 2.83 bits per heavy atom. The van der Waals surface area contributed by atoms with Crippen LogP contribution in [-0.4, -0.2) is 36.3 Å². The van der Waals surface area contributed by atoms with Crippen LogP contribution in [0.4, 0.5) is 0 Å². The van der Waals surface area contributed by atoms with Gasteiger partial charge >= 0.3 is 0 Å². The highest BCUT2D eigenvalue weighted by molar-refractivity contribution is 7.99. The minimum atomic E-state index is 0.184. The van der Waals surface area contributed by atoms with E-state index in [1.54, 1.807) is 0 Å². The summed E-state index contributed by atoms with van der Waals surface area (Å²) in [6, 6.07) is 0.548. The van der Waals surface area contributed by atoms with E-state index in [2.05, 4.69) is 24.0 Å². The normalized spacial score (nSPS) is 35.2. The molecule has 0 amide bonds. The van der Waals surface area contributed by atoms with Crippen molar-refractivity contribution in [2.24, 2.45) is 0 Å². The predicted molar refractivity (Wildman–Crippen MR) is 52.7 cm³/mol. The first-order chi connectivity index (χ1) is 5.83. The summed E-state index contributed by atoms with van der Waals surface area (Å²) in [5.41, 5.74) is 0.184. The number of hydrogen-bond acceptors (Lipinski definition) is 3. The lowest BCUT2D eigenvalue weighted by Gasteiger charge is -2.45. The van der Waals surface area contributed by atoms with Gasteiger partial charge in [-0.2, -0.15) is 11.8 Å². The predicted octanol–water partition coefficient (Wildman–Crippen LogP) is 1.26. The Morgan fingerprint density at radius 1 is 1.42 bits per heavy atom. The van der Waals surface area contributed by atoms with E-state index in [-0.39, 0.29) is 5.60 Å². The van der Waals surface area contributed by atoms with Crippen LogP contribution in [0.15, 0.2) is 0 Å². The van der Waals surface area contributed by atoms with Gasteiger partial charge in [0.05, 0.1) is 12.2 Å². The topological polar surface area (TPSA) is 21.3 Å². The third-order valence-electron chi connectivity index (χ3n) is 3.07. The van der Waals surface area contributed by atoms with Gasteiger partial charge < -0.3 is 10.1 Å². The van der Waals surface area contributed by atoms with E-state index < -0.39 is 0 Å². The van der Waals surface area contributed by atoms with Crippen molar-refractivity contribution in [2.75, 3.05) is 24.7 Å². The van der Waals surface area contributed by atoms with Crippen LogP contribution in [0.1, 0.15) is 19.8 Å². The van der Waals surface area contributed by atoms with E-state index in [0.29, 0.717) is 6.04 Å². The van der Waals surface area contributed by atoms with Gasteiger partial charge in [-0.1, -0.05) is 0 Å². The van der Waals surface area contributed by atoms with E-state index in [9.17, 15) is 0 Å². The van der Waals surface area contributed by atoms with E-state index in [0.717, 1.165) is 13.2 Å². The van der Waals surface area contributed by atoms with Crippen molar-refractivity contribution in [1.82, 2.24) is 5.32 Å². The fourth-order valence-electron chi connectivity index (χ4n) is 2.14. The van der Waals surface area contributed by atoms with Crippen molar-refractivity contribution in [2.45, 2.75) is 31.4 Å². The summed E-state index contributed by atoms with van der Waals surface area (Å²) in [6.45, 7) is 4.18. The molecule has 2 rings (SSSR count). The number of morpholine rings is 1. The maximum Gasteiger partial charge on any atom is 0.0848 e. The Kier molecular flexibility index (Phi) is 2.63. The monoisotopic (exact) mass is 187 g/mol. The van der Waals surface area contributed by atoms with Gasteiger partial charge in [0.15, 0.2) is 0 Å². The molecule has 0 radical (unpaired) electrons. The Bertz CT molecular complexity index is 148. The van der Waals surface area contributed by atoms with Gasteiger partial charge in [-0.15, -0.1) is 0 Å². The summed E-state index contributed by atoms with van der Waals surface area (Å²) < 4.78 is 5.94. The van der Waals surface area contributed by atoms with Crippen molar-refractivity contribution in [3.63, 3.8) is 0 Å². The molecule has 0 aromatic carbocycles. The molecule has 1 spiro atoms. The van der Waals surface area contributed by atoms with Gasteiger partial charge in [-0.25, -0.2) is 0 Å². The Labute approximate surface area is 78.4 Å². The molecular weight excluding hydrogens is 170 g/mol. The van der Waals surface area contributed by atoms with Crippen molar-refractivity contribution < 1.29 is 4.74 Å². The van der Waals surface area contributed by atoms with E-state index in [1.165, 1.54) is 24.3 Å². The van der Waals surface area contributed by atoms with E-state index in [4.69, 9.17) is 4.74 Å². The van der Waals surface area contributed by atoms with Crippen molar-refractivity contribution in [1.29, 1.82) is 0 Å². The average Bonchev–Trinajstić information content (AvgIpc) is 2.12. The zero-order chi connectivity index (χ0) is 8.44. The molecule has 0 aromatic rings. The highest BCUT2D eigenvalue weighted by Crippen LogP contribution is 2.34. The quantitative estimate of drug-likeness (QED) is 0.617. The second-order valence-electron chi connectivity index (χ2n) is 3.70. The van der Waals surface area contributed by atoms with Crippen LogP contribution in [-0.2, 0) is 4.74 Å². The molecule has 1 atom stereocenters. The molecule has 1 N–H and O–H groups in total. The molecule has 2 nitrogen and oxygen atoms in total. The summed E-state index contributed by atoms with van der Waals surface area (Å²) in [5, 5.41) is 3.51. The number of ether oxygens (including phenoxy) is 1. The zero-order valence-corrected chi connectivity index (χ0v) is 8.45. The summed E-state index contributed by atoms with van der Waals surface area (Å²) in [7, 11) is 0. The molecule has 0 saturated carbocycles. The minimum Gasteiger partial charge on any atom is -0.372 e. The van der Waals surface area contributed by atoms with Gasteiger partial charge in [0.2, 0.25) is 0 Å². The maximum atomic E-state index is 5.94. The summed E-state index contributed by atoms with van der Waals surface area (Å²) in [4.78, 5) is 0. The first-order valence-corrected chi connectivity index (χ1v) is 5.94. The maximum absolute atomic E-state index is 5.94. The first-order valence-electron chi connectivity index (χ1n) is 4.79. The van der Waals surface area contributed by atoms with Crippen LogP contribution in [0.25, 0.3) is 0 Å². The second kappa shape index (κ2) is 3.56. The lowest BCUT2D eigenvalue weighted by Crippen LogP contribution is -2.58. The van der Waals surface area contributed by atoms with Gasteiger partial charge in [0.25, 0.3) is 0 Å². The van der Waals surface area contributed by atoms with Gasteiger partial charge in [0, 0.05) is 12.6 Å². The molecule has 0 aliphatic carbocycles. The van der Waals surface area contributed by atoms with Crippen LogP contribution >= 0.6 is 11.8 Å². The molecule has 0 bridgehead atoms. The third-order valence-corrected chi connectivity index (χ3v) is 4.06. The van der Waals surface area contributed by atoms with E-state index in [1.807, 2.05) is 0 Å². The molecule has 70 valence electrons. The van der Waals surface area contributed by atoms with Gasteiger partial charge in [-0.05, 0) is 31.3 Å². The molecule has 2 saturated heterocycles. The van der Waals surface area contributed by atoms with Crippen LogP contribution in [0.5, 0.6) is 0 Å². The van der Waals surface area contributed by atoms with Gasteiger partial charge in [-0.3, -0.25) is 0 Å². The highest BCUT2D eigenvalue weighted by atomic mass is 32.2. The van der Waals surface area contributed by atoms with Crippen molar-refractivity contribution >= 4 is 11.8 Å². The molecule has 3 heteroatoms. The summed E-state index contributed by atoms with van der Waals surface area (Å²) in [6.07, 6.45) is 2.46. The SMILES string of the molecule is CC1NCCOC12CCSCC2. The lowest BCUT2D eigenvalue weighted by molar-refractivity contribution is -0.0970. The van der Waals surface area contributed by atoms with Crippen LogP contribution in [0.2, 0.25) is 0 Å². The Hall–Kier alpha value is 0.270. The molecule has 12 heavy (non-hydrogen) atoms. The Morgan fingerprint density at radius 2 is 2.17 bits per heavy atom. The van der Waals surface area contributed by atoms with Gasteiger partial charge in [0.1, 0.15) is 0 Å². The zero-order valence-electron chi connectivity index (χ0n) is 7.64. The van der Waals surface area contributed by atoms with Crippen LogP contribution in [0.3, 0.4) is 0 Å². The molecule has 1 unspecified atom stereocenters. The molecule has 2 heterocycles. The summed E-state index contributed by atoms with van der Waals surface area (Å²) >= 11 is 2.06. The van der Waals surface area contributed by atoms with Crippen molar-refractivity contribution in [3.8, 4) is 0 Å². The number of nitrogens with one attached hydrogen (secondary N) is 1. The van der Waals surface area contributed by atoms with Crippen molar-refractivity contribution in [3.05, 3.63) is 0 Å². The largest absolute Gasteiger partial charge is 0.372 e. The van der Waals surface area contributed by atoms with Crippen LogP contribution in [0, 0.1) is 0 Å². The molecule has 0 aromatic heterocycles. The number of hydrogen-bond donors (Lipinski definition) is 1. The smallest absolute Gasteiger partial charge is 0.0848 e. The Balaban J connectivity index is 2.04. The first kappa shape index (κ1) is 8.85. The molecule has 2 aliphatic heterocycles. The second-order valence-corrected chi connectivity index (χ2v) is 4.93. The molecule has 2 aliphatic rings. The molecular formula is C9H17NOS. The van der Waals surface area contributed by atoms with Crippen LogP contribution < -0.4 is 5.32 Å². The number of rotatable bonds is 0.